The van der Waals surface area contributed by atoms with E-state index in [1.54, 1.807) is 0 Å². The molecule has 48 heavy (non-hydrogen) atoms. The summed E-state index contributed by atoms with van der Waals surface area (Å²) in [6.45, 7) is 7.21. The van der Waals surface area contributed by atoms with Crippen LogP contribution in [0.5, 0.6) is 0 Å². The molecule has 1 aromatic heterocycles. The maximum Gasteiger partial charge on any atom is 0.187 e. The summed E-state index contributed by atoms with van der Waals surface area (Å²) in [6, 6.07) is 58.0. The second kappa shape index (κ2) is 12.6. The molecule has 224 valence electrons. The van der Waals surface area contributed by atoms with E-state index in [4.69, 9.17) is 21.5 Å². The zero-order valence-electron chi connectivity index (χ0n) is 26.0. The van der Waals surface area contributed by atoms with Gasteiger partial charge in [-0.1, -0.05) is 170 Å². The van der Waals surface area contributed by atoms with Crippen molar-refractivity contribution in [3.8, 4) is 67.5 Å². The van der Waals surface area contributed by atoms with Gasteiger partial charge in [-0.15, -0.1) is 0 Å². The van der Waals surface area contributed by atoms with Crippen LogP contribution in [-0.4, -0.2) is 15.0 Å². The van der Waals surface area contributed by atoms with Gasteiger partial charge in [-0.05, 0) is 44.2 Å². The Balaban J connectivity index is 1.14. The Kier molecular flexibility index (Phi) is 7.54. The summed E-state index contributed by atoms with van der Waals surface area (Å²) >= 11 is 0. The summed E-state index contributed by atoms with van der Waals surface area (Å²) < 4.78 is 0. The molecule has 0 unspecified atom stereocenters. The fraction of sp³-hybridized carbons (Fsp3) is 0. The molecule has 4 heteroatoms. The third-order valence-electron chi connectivity index (χ3n) is 8.60. The second-order valence-corrected chi connectivity index (χ2v) is 11.6. The molecule has 1 heterocycles. The highest BCUT2D eigenvalue weighted by Gasteiger charge is 2.14. The van der Waals surface area contributed by atoms with Crippen molar-refractivity contribution in [2.75, 3.05) is 0 Å². The Labute approximate surface area is 279 Å². The second-order valence-electron chi connectivity index (χ2n) is 11.6. The fourth-order valence-corrected chi connectivity index (χ4v) is 6.11. The highest BCUT2D eigenvalue weighted by atomic mass is 15.0. The third kappa shape index (κ3) is 5.62. The highest BCUT2D eigenvalue weighted by molar-refractivity contribution is 6.05. The van der Waals surface area contributed by atoms with Gasteiger partial charge in [-0.2, -0.15) is 0 Å². The van der Waals surface area contributed by atoms with E-state index < -0.39 is 0 Å². The number of hydrogen-bond acceptors (Lipinski definition) is 3. The minimum Gasteiger partial charge on any atom is -0.238 e. The maximum atomic E-state index is 7.21. The molecule has 4 nitrogen and oxygen atoms in total. The van der Waals surface area contributed by atoms with Gasteiger partial charge >= 0.3 is 0 Å². The van der Waals surface area contributed by atoms with Gasteiger partial charge in [-0.25, -0.2) is 19.8 Å². The Bertz CT molecular complexity index is 2350. The summed E-state index contributed by atoms with van der Waals surface area (Å²) in [5.41, 5.74) is 10.3. The summed E-state index contributed by atoms with van der Waals surface area (Å²) in [7, 11) is 0. The van der Waals surface area contributed by atoms with Gasteiger partial charge in [-0.3, -0.25) is 0 Å². The van der Waals surface area contributed by atoms with Gasteiger partial charge in [0.2, 0.25) is 0 Å². The molecule has 8 aromatic rings. The van der Waals surface area contributed by atoms with Gasteiger partial charge in [0.05, 0.1) is 6.57 Å². The number of aromatic nitrogens is 3. The normalized spacial score (nSPS) is 10.9. The summed E-state index contributed by atoms with van der Waals surface area (Å²) in [6.07, 6.45) is 0. The average Bonchev–Trinajstić information content (AvgIpc) is 3.18. The van der Waals surface area contributed by atoms with Crippen LogP contribution in [0, 0.1) is 6.57 Å². The van der Waals surface area contributed by atoms with Crippen molar-refractivity contribution in [2.24, 2.45) is 0 Å². The largest absolute Gasteiger partial charge is 0.238 e. The smallest absolute Gasteiger partial charge is 0.187 e. The van der Waals surface area contributed by atoms with Crippen molar-refractivity contribution in [1.29, 1.82) is 0 Å². The van der Waals surface area contributed by atoms with Gasteiger partial charge in [0, 0.05) is 16.7 Å². The zero-order valence-corrected chi connectivity index (χ0v) is 26.0. The molecule has 0 atom stereocenters. The van der Waals surface area contributed by atoms with Gasteiger partial charge < -0.3 is 0 Å². The minimum absolute atomic E-state index is 0.639. The van der Waals surface area contributed by atoms with E-state index in [0.29, 0.717) is 23.2 Å². The standard InChI is InChI=1S/C44H28N4/c1-45-37-26-24-31(25-27-37)30-16-18-32(19-17-30)38-28-29-39(41-15-9-8-14-40(38)41)33-20-22-36(23-21-33)44-47-42(34-10-4-2-5-11-34)46-43(48-44)35-12-6-3-7-13-35/h2-29H. The molecule has 0 aliphatic carbocycles. The van der Waals surface area contributed by atoms with Gasteiger partial charge in [0.15, 0.2) is 23.2 Å². The molecular formula is C44H28N4. The number of rotatable bonds is 6. The van der Waals surface area contributed by atoms with Crippen LogP contribution in [0.4, 0.5) is 5.69 Å². The van der Waals surface area contributed by atoms with E-state index in [1.165, 1.54) is 21.9 Å². The molecule has 0 bridgehead atoms. The fourth-order valence-electron chi connectivity index (χ4n) is 6.11. The first-order valence-electron chi connectivity index (χ1n) is 15.8. The lowest BCUT2D eigenvalue weighted by Gasteiger charge is -2.13. The van der Waals surface area contributed by atoms with Gasteiger partial charge in [0.25, 0.3) is 0 Å². The molecule has 0 fully saturated rings. The quantitative estimate of drug-likeness (QED) is 0.175. The predicted octanol–water partition coefficient (Wildman–Crippen LogP) is 11.6. The molecule has 7 aromatic carbocycles. The van der Waals surface area contributed by atoms with Crippen molar-refractivity contribution >= 4 is 16.5 Å². The number of benzene rings is 7. The Morgan fingerprint density at radius 3 is 1.06 bits per heavy atom. The molecule has 0 aliphatic rings. The first-order valence-corrected chi connectivity index (χ1v) is 15.8. The van der Waals surface area contributed by atoms with E-state index in [0.717, 1.165) is 38.9 Å². The first kappa shape index (κ1) is 28.8. The Morgan fingerprint density at radius 1 is 0.312 bits per heavy atom. The molecule has 0 radical (unpaired) electrons. The van der Waals surface area contributed by atoms with E-state index >= 15 is 0 Å². The molecule has 0 aliphatic heterocycles. The summed E-state index contributed by atoms with van der Waals surface area (Å²) in [5, 5.41) is 2.39. The van der Waals surface area contributed by atoms with Crippen molar-refractivity contribution in [3.05, 3.63) is 181 Å². The predicted molar refractivity (Wildman–Crippen MR) is 196 cm³/mol. The van der Waals surface area contributed by atoms with Crippen molar-refractivity contribution in [2.45, 2.75) is 0 Å². The van der Waals surface area contributed by atoms with Crippen LogP contribution >= 0.6 is 0 Å². The molecular weight excluding hydrogens is 585 g/mol. The van der Waals surface area contributed by atoms with Crippen LogP contribution in [0.15, 0.2) is 170 Å². The number of hydrogen-bond donors (Lipinski definition) is 0. The highest BCUT2D eigenvalue weighted by Crippen LogP contribution is 2.37. The Morgan fingerprint density at radius 2 is 0.646 bits per heavy atom. The van der Waals surface area contributed by atoms with Crippen molar-refractivity contribution < 1.29 is 0 Å². The third-order valence-corrected chi connectivity index (χ3v) is 8.60. The van der Waals surface area contributed by atoms with Crippen LogP contribution in [0.1, 0.15) is 0 Å². The van der Waals surface area contributed by atoms with E-state index in [1.807, 2.05) is 84.9 Å². The van der Waals surface area contributed by atoms with Crippen LogP contribution in [0.3, 0.4) is 0 Å². The van der Waals surface area contributed by atoms with Crippen molar-refractivity contribution in [1.82, 2.24) is 15.0 Å². The Hall–Kier alpha value is -6.70. The lowest BCUT2D eigenvalue weighted by atomic mass is 9.91. The summed E-state index contributed by atoms with van der Waals surface area (Å²) in [5.74, 6) is 1.94. The van der Waals surface area contributed by atoms with E-state index in [-0.39, 0.29) is 0 Å². The van der Waals surface area contributed by atoms with Gasteiger partial charge in [0.1, 0.15) is 0 Å². The van der Waals surface area contributed by atoms with Crippen LogP contribution < -0.4 is 0 Å². The zero-order chi connectivity index (χ0) is 32.3. The molecule has 8 rings (SSSR count). The van der Waals surface area contributed by atoms with E-state index in [9.17, 15) is 0 Å². The molecule has 0 saturated heterocycles. The van der Waals surface area contributed by atoms with Crippen LogP contribution in [-0.2, 0) is 0 Å². The topological polar surface area (TPSA) is 43.0 Å². The minimum atomic E-state index is 0.639. The molecule has 0 N–H and O–H groups in total. The van der Waals surface area contributed by atoms with Crippen molar-refractivity contribution in [3.63, 3.8) is 0 Å². The first-order chi connectivity index (χ1) is 23.7. The lowest BCUT2D eigenvalue weighted by molar-refractivity contribution is 1.07. The van der Waals surface area contributed by atoms with Crippen LogP contribution in [0.25, 0.3) is 83.2 Å². The molecule has 0 saturated carbocycles. The molecule has 0 spiro atoms. The number of fused-ring (bicyclic) bond motifs is 1. The molecule has 0 amide bonds. The number of nitrogens with zero attached hydrogens (tertiary/aromatic N) is 4. The van der Waals surface area contributed by atoms with E-state index in [2.05, 4.69) is 89.8 Å². The SMILES string of the molecule is [C-]#[N+]c1ccc(-c2ccc(-c3ccc(-c4ccc(-c5nc(-c6ccccc6)nc(-c6ccccc6)n5)cc4)c4ccccc34)cc2)cc1. The average molecular weight is 613 g/mol. The van der Waals surface area contributed by atoms with Crippen LogP contribution in [0.2, 0.25) is 0 Å². The maximum absolute atomic E-state index is 7.21. The summed E-state index contributed by atoms with van der Waals surface area (Å²) in [4.78, 5) is 18.1. The lowest BCUT2D eigenvalue weighted by Crippen LogP contribution is -2.00. The monoisotopic (exact) mass is 612 g/mol.